The number of carbonyl (C=O) groups excluding carboxylic acids is 3. The van der Waals surface area contributed by atoms with Crippen molar-refractivity contribution in [3.8, 4) is 0 Å². The van der Waals surface area contributed by atoms with Gasteiger partial charge < -0.3 is 20.0 Å². The van der Waals surface area contributed by atoms with Gasteiger partial charge in [-0.2, -0.15) is 13.2 Å². The minimum Gasteiger partial charge on any atom is -0.550 e. The lowest BCUT2D eigenvalue weighted by atomic mass is 10.2. The van der Waals surface area contributed by atoms with Gasteiger partial charge in [0.2, 0.25) is 0 Å². The third kappa shape index (κ3) is 7.27. The van der Waals surface area contributed by atoms with E-state index in [4.69, 9.17) is 0 Å². The van der Waals surface area contributed by atoms with E-state index in [1.165, 1.54) is 5.32 Å². The van der Waals surface area contributed by atoms with Crippen molar-refractivity contribution in [3.05, 3.63) is 0 Å². The average molecular weight is 284 g/mol. The lowest BCUT2D eigenvalue weighted by Crippen LogP contribution is -2.49. The first-order valence-electron chi connectivity index (χ1n) is 5.42. The Morgan fingerprint density at radius 3 is 2.32 bits per heavy atom. The number of carboxylic acid groups (broad SMARTS) is 1. The van der Waals surface area contributed by atoms with E-state index >= 15 is 0 Å². The number of amides is 1. The smallest absolute Gasteiger partial charge is 0.471 e. The quantitative estimate of drug-likeness (QED) is 0.503. The lowest BCUT2D eigenvalue weighted by molar-refractivity contribution is -0.306. The molecule has 0 spiro atoms. The van der Waals surface area contributed by atoms with Crippen LogP contribution in [-0.4, -0.2) is 36.7 Å². The summed E-state index contributed by atoms with van der Waals surface area (Å²) in [6.45, 7) is 1.72. The second-order valence-corrected chi connectivity index (χ2v) is 3.62. The number of carboxylic acids is 1. The summed E-state index contributed by atoms with van der Waals surface area (Å²) in [4.78, 5) is 32.3. The van der Waals surface area contributed by atoms with Gasteiger partial charge in [0.05, 0.1) is 6.61 Å². The maximum atomic E-state index is 12.0. The van der Waals surface area contributed by atoms with Gasteiger partial charge in [-0.3, -0.25) is 4.79 Å². The number of nitrogens with one attached hydrogen (secondary N) is 1. The largest absolute Gasteiger partial charge is 0.550 e. The fourth-order valence-electron chi connectivity index (χ4n) is 1.02. The van der Waals surface area contributed by atoms with Crippen LogP contribution in [0.1, 0.15) is 26.2 Å². The summed E-state index contributed by atoms with van der Waals surface area (Å²) < 4.78 is 40.5. The minimum atomic E-state index is -5.21. The second kappa shape index (κ2) is 7.59. The molecule has 0 rings (SSSR count). The maximum Gasteiger partial charge on any atom is 0.471 e. The SMILES string of the molecule is CCCCOC(=O)C(CC(=O)[O-])NC(=O)C(F)(F)F. The predicted molar refractivity (Wildman–Crippen MR) is 53.5 cm³/mol. The van der Waals surface area contributed by atoms with Crippen LogP contribution in [0.25, 0.3) is 0 Å². The highest BCUT2D eigenvalue weighted by Crippen LogP contribution is 2.15. The fraction of sp³-hybridized carbons (Fsp3) is 0.700. The van der Waals surface area contributed by atoms with E-state index in [2.05, 4.69) is 4.74 Å². The molecule has 19 heavy (non-hydrogen) atoms. The molecule has 1 unspecified atom stereocenters. The van der Waals surface area contributed by atoms with Crippen LogP contribution in [0.15, 0.2) is 0 Å². The van der Waals surface area contributed by atoms with Crippen molar-refractivity contribution in [2.24, 2.45) is 0 Å². The zero-order valence-electron chi connectivity index (χ0n) is 10.1. The number of ether oxygens (including phenoxy) is 1. The number of hydrogen-bond acceptors (Lipinski definition) is 5. The molecular formula is C10H13F3NO5-. The van der Waals surface area contributed by atoms with Gasteiger partial charge in [-0.25, -0.2) is 4.79 Å². The molecule has 0 heterocycles. The molecule has 9 heteroatoms. The van der Waals surface area contributed by atoms with Crippen molar-refractivity contribution in [3.63, 3.8) is 0 Å². The second-order valence-electron chi connectivity index (χ2n) is 3.62. The molecule has 0 aromatic heterocycles. The van der Waals surface area contributed by atoms with Crippen molar-refractivity contribution in [2.45, 2.75) is 38.4 Å². The number of carbonyl (C=O) groups is 3. The van der Waals surface area contributed by atoms with Crippen LogP contribution in [0.5, 0.6) is 0 Å². The number of hydrogen-bond donors (Lipinski definition) is 1. The Kier molecular flexibility index (Phi) is 6.87. The molecule has 0 saturated heterocycles. The van der Waals surface area contributed by atoms with Crippen LogP contribution in [-0.2, 0) is 19.1 Å². The van der Waals surface area contributed by atoms with E-state index < -0.39 is 36.5 Å². The van der Waals surface area contributed by atoms with Crippen molar-refractivity contribution < 1.29 is 37.4 Å². The number of rotatable bonds is 7. The molecule has 0 aliphatic carbocycles. The molecule has 1 N–H and O–H groups in total. The van der Waals surface area contributed by atoms with Crippen molar-refractivity contribution in [1.29, 1.82) is 0 Å². The average Bonchev–Trinajstić information content (AvgIpc) is 2.26. The number of alkyl halides is 3. The van der Waals surface area contributed by atoms with Crippen LogP contribution in [0.2, 0.25) is 0 Å². The molecular weight excluding hydrogens is 271 g/mol. The van der Waals surface area contributed by atoms with Crippen LogP contribution >= 0.6 is 0 Å². The highest BCUT2D eigenvalue weighted by molar-refractivity contribution is 5.89. The maximum absolute atomic E-state index is 12.0. The van der Waals surface area contributed by atoms with E-state index in [0.29, 0.717) is 12.8 Å². The first-order chi connectivity index (χ1) is 8.68. The summed E-state index contributed by atoms with van der Waals surface area (Å²) in [7, 11) is 0. The van der Waals surface area contributed by atoms with Crippen LogP contribution in [0.3, 0.4) is 0 Å². The Morgan fingerprint density at radius 2 is 1.89 bits per heavy atom. The van der Waals surface area contributed by atoms with Crippen molar-refractivity contribution in [2.75, 3.05) is 6.61 Å². The van der Waals surface area contributed by atoms with E-state index in [1.54, 1.807) is 6.92 Å². The number of aliphatic carboxylic acids is 1. The van der Waals surface area contributed by atoms with Gasteiger partial charge in [-0.15, -0.1) is 0 Å². The zero-order chi connectivity index (χ0) is 15.1. The molecule has 0 bridgehead atoms. The summed E-state index contributed by atoms with van der Waals surface area (Å²) in [6.07, 6.45) is -5.16. The molecule has 110 valence electrons. The normalized spacial score (nSPS) is 12.6. The van der Waals surface area contributed by atoms with Gasteiger partial charge >= 0.3 is 18.1 Å². The molecule has 0 aromatic rings. The number of halogens is 3. The van der Waals surface area contributed by atoms with Crippen LogP contribution < -0.4 is 10.4 Å². The zero-order valence-corrected chi connectivity index (χ0v) is 10.1. The Balaban J connectivity index is 4.58. The van der Waals surface area contributed by atoms with Crippen LogP contribution in [0, 0.1) is 0 Å². The third-order valence-electron chi connectivity index (χ3n) is 1.96. The summed E-state index contributed by atoms with van der Waals surface area (Å²) in [5.41, 5.74) is 0. The molecule has 1 amide bonds. The highest BCUT2D eigenvalue weighted by atomic mass is 19.4. The Bertz CT molecular complexity index is 343. The molecule has 6 nitrogen and oxygen atoms in total. The van der Waals surface area contributed by atoms with Gasteiger partial charge in [0.1, 0.15) is 6.04 Å². The lowest BCUT2D eigenvalue weighted by Gasteiger charge is -2.18. The van der Waals surface area contributed by atoms with Gasteiger partial charge in [0.25, 0.3) is 0 Å². The van der Waals surface area contributed by atoms with Crippen molar-refractivity contribution in [1.82, 2.24) is 5.32 Å². The first-order valence-corrected chi connectivity index (χ1v) is 5.42. The predicted octanol–water partition coefficient (Wildman–Crippen LogP) is -0.483. The third-order valence-corrected chi connectivity index (χ3v) is 1.96. The molecule has 0 fully saturated rings. The van der Waals surface area contributed by atoms with E-state index in [-0.39, 0.29) is 6.61 Å². The van der Waals surface area contributed by atoms with Gasteiger partial charge in [-0.05, 0) is 6.42 Å². The van der Waals surface area contributed by atoms with E-state index in [9.17, 15) is 32.7 Å². The van der Waals surface area contributed by atoms with Crippen molar-refractivity contribution >= 4 is 17.8 Å². The fourth-order valence-corrected chi connectivity index (χ4v) is 1.02. The molecule has 0 aliphatic heterocycles. The van der Waals surface area contributed by atoms with E-state index in [1.807, 2.05) is 0 Å². The molecule has 0 saturated carbocycles. The van der Waals surface area contributed by atoms with Gasteiger partial charge in [-0.1, -0.05) is 13.3 Å². The molecule has 1 atom stereocenters. The summed E-state index contributed by atoms with van der Waals surface area (Å²) in [5.74, 6) is -5.43. The summed E-state index contributed by atoms with van der Waals surface area (Å²) in [5, 5.41) is 11.6. The topological polar surface area (TPSA) is 95.5 Å². The Labute approximate surface area is 106 Å². The Hall–Kier alpha value is -1.80. The number of unbranched alkanes of at least 4 members (excludes halogenated alkanes) is 1. The molecule has 0 aromatic carbocycles. The van der Waals surface area contributed by atoms with E-state index in [0.717, 1.165) is 0 Å². The monoisotopic (exact) mass is 284 g/mol. The van der Waals surface area contributed by atoms with Gasteiger partial charge in [0.15, 0.2) is 0 Å². The molecule has 0 radical (unpaired) electrons. The van der Waals surface area contributed by atoms with Crippen LogP contribution in [0.4, 0.5) is 13.2 Å². The van der Waals surface area contributed by atoms with Gasteiger partial charge in [0, 0.05) is 12.4 Å². The minimum absolute atomic E-state index is 0.0687. The first kappa shape index (κ1) is 17.2. The Morgan fingerprint density at radius 1 is 1.32 bits per heavy atom. The standard InChI is InChI=1S/C10H14F3NO5/c1-2-3-4-19-8(17)6(5-7(15)16)14-9(18)10(11,12)13/h6H,2-5H2,1H3,(H,14,18)(H,15,16)/p-1. The molecule has 0 aliphatic rings. The summed E-state index contributed by atoms with van der Waals surface area (Å²) in [6, 6.07) is -1.92. The summed E-state index contributed by atoms with van der Waals surface area (Å²) >= 11 is 0. The number of esters is 1. The highest BCUT2D eigenvalue weighted by Gasteiger charge is 2.41.